The maximum Gasteiger partial charge on any atom is 3.00 e. The van der Waals surface area contributed by atoms with Crippen LogP contribution in [0.3, 0.4) is 0 Å². The first-order valence-corrected chi connectivity index (χ1v) is 8.52. The van der Waals surface area contributed by atoms with Crippen molar-refractivity contribution in [2.24, 2.45) is 17.8 Å². The van der Waals surface area contributed by atoms with E-state index in [1.54, 1.807) is 20.8 Å². The van der Waals surface area contributed by atoms with E-state index < -0.39 is 0 Å². The van der Waals surface area contributed by atoms with Crippen molar-refractivity contribution in [1.29, 1.82) is 0 Å². The first-order valence-electron chi connectivity index (χ1n) is 8.52. The van der Waals surface area contributed by atoms with Gasteiger partial charge in [0.2, 0.25) is 0 Å². The smallest absolute Gasteiger partial charge is 0.852 e. The van der Waals surface area contributed by atoms with Crippen LogP contribution in [-0.2, 0) is 0 Å². The van der Waals surface area contributed by atoms with Crippen LogP contribution in [0.15, 0.2) is 0 Å². The minimum Gasteiger partial charge on any atom is -0.852 e. The van der Waals surface area contributed by atoms with Gasteiger partial charge in [-0.15, -0.1) is 18.3 Å². The van der Waals surface area contributed by atoms with E-state index in [0.29, 0.717) is 17.8 Å². The molecule has 0 aliphatic carbocycles. The molecule has 0 heterocycles. The summed E-state index contributed by atoms with van der Waals surface area (Å²) in [6, 6.07) is 0. The molecule has 6 atom stereocenters. The molecular formula is C18H39AlO3. The first-order chi connectivity index (χ1) is 9.54. The van der Waals surface area contributed by atoms with Crippen LogP contribution >= 0.6 is 0 Å². The van der Waals surface area contributed by atoms with Gasteiger partial charge in [0.15, 0.2) is 0 Å². The molecule has 4 heteroatoms. The van der Waals surface area contributed by atoms with Crippen LogP contribution < -0.4 is 15.3 Å². The Morgan fingerprint density at radius 1 is 0.500 bits per heavy atom. The van der Waals surface area contributed by atoms with Gasteiger partial charge >= 0.3 is 17.4 Å². The van der Waals surface area contributed by atoms with Crippen molar-refractivity contribution >= 4 is 17.4 Å². The van der Waals surface area contributed by atoms with E-state index in [0.717, 1.165) is 19.3 Å². The summed E-state index contributed by atoms with van der Waals surface area (Å²) in [7, 11) is 0. The molecular weight excluding hydrogens is 291 g/mol. The summed E-state index contributed by atoms with van der Waals surface area (Å²) in [6.45, 7) is 17.2. The molecule has 22 heavy (non-hydrogen) atoms. The Labute approximate surface area is 150 Å². The van der Waals surface area contributed by atoms with Gasteiger partial charge in [0.05, 0.1) is 0 Å². The Bertz CT molecular complexity index is 163. The van der Waals surface area contributed by atoms with Crippen molar-refractivity contribution in [3.8, 4) is 0 Å². The Morgan fingerprint density at radius 3 is 0.636 bits per heavy atom. The van der Waals surface area contributed by atoms with Crippen LogP contribution in [0.4, 0.5) is 0 Å². The molecule has 0 aromatic carbocycles. The molecule has 0 amide bonds. The standard InChI is InChI=1S/3C6H13O.Al/c3*1-4-5(2)6(3)7;/h3*5-6H,4H2,1-3H3;/q3*-1;+3. The van der Waals surface area contributed by atoms with Crippen molar-refractivity contribution < 1.29 is 15.3 Å². The minimum absolute atomic E-state index is 0. The van der Waals surface area contributed by atoms with Gasteiger partial charge in [-0.1, -0.05) is 99.3 Å². The molecule has 0 N–H and O–H groups in total. The number of rotatable bonds is 6. The van der Waals surface area contributed by atoms with Crippen LogP contribution in [0.2, 0.25) is 0 Å². The van der Waals surface area contributed by atoms with Crippen LogP contribution in [-0.4, -0.2) is 35.7 Å². The van der Waals surface area contributed by atoms with Gasteiger partial charge < -0.3 is 15.3 Å². The van der Waals surface area contributed by atoms with E-state index in [4.69, 9.17) is 0 Å². The molecule has 132 valence electrons. The summed E-state index contributed by atoms with van der Waals surface area (Å²) in [5, 5.41) is 31.4. The average molecular weight is 330 g/mol. The largest absolute Gasteiger partial charge is 3.00 e. The van der Waals surface area contributed by atoms with E-state index in [2.05, 4.69) is 0 Å². The molecule has 0 bridgehead atoms. The maximum absolute atomic E-state index is 10.5. The van der Waals surface area contributed by atoms with Crippen molar-refractivity contribution in [2.45, 2.75) is 99.9 Å². The fourth-order valence-electron chi connectivity index (χ4n) is 0.996. The molecule has 0 aliphatic heterocycles. The van der Waals surface area contributed by atoms with Gasteiger partial charge in [-0.25, -0.2) is 0 Å². The molecule has 0 aromatic rings. The van der Waals surface area contributed by atoms with Gasteiger partial charge in [-0.2, -0.15) is 0 Å². The van der Waals surface area contributed by atoms with Gasteiger partial charge in [0.1, 0.15) is 0 Å². The Kier molecular flexibility index (Phi) is 26.8. The second-order valence-corrected chi connectivity index (χ2v) is 6.27. The summed E-state index contributed by atoms with van der Waals surface area (Å²) >= 11 is 0. The van der Waals surface area contributed by atoms with E-state index in [1.807, 2.05) is 41.5 Å². The van der Waals surface area contributed by atoms with Gasteiger partial charge in [-0.05, 0) is 0 Å². The second kappa shape index (κ2) is 19.5. The van der Waals surface area contributed by atoms with Gasteiger partial charge in [0, 0.05) is 0 Å². The van der Waals surface area contributed by atoms with Crippen molar-refractivity contribution in [3.63, 3.8) is 0 Å². The summed E-state index contributed by atoms with van der Waals surface area (Å²) in [4.78, 5) is 0. The molecule has 0 fully saturated rings. The minimum atomic E-state index is -0.384. The van der Waals surface area contributed by atoms with E-state index in [1.165, 1.54) is 0 Å². The third-order valence-electron chi connectivity index (χ3n) is 4.34. The van der Waals surface area contributed by atoms with Crippen molar-refractivity contribution in [3.05, 3.63) is 0 Å². The molecule has 0 aliphatic rings. The van der Waals surface area contributed by atoms with E-state index in [9.17, 15) is 15.3 Å². The Balaban J connectivity index is -0.000000108. The fourth-order valence-corrected chi connectivity index (χ4v) is 0.996. The van der Waals surface area contributed by atoms with Crippen LogP contribution in [0, 0.1) is 17.8 Å². The van der Waals surface area contributed by atoms with Crippen LogP contribution in [0.1, 0.15) is 81.6 Å². The fraction of sp³-hybridized carbons (Fsp3) is 1.00. The SMILES string of the molecule is CCC(C)C(C)[O-].CCC(C)C(C)[O-].CCC(C)C(C)[O-].[Al+3]. The molecule has 3 nitrogen and oxygen atoms in total. The first kappa shape index (κ1) is 30.3. The molecule has 0 radical (unpaired) electrons. The predicted molar refractivity (Wildman–Crippen MR) is 92.5 cm³/mol. The van der Waals surface area contributed by atoms with Gasteiger partial charge in [-0.3, -0.25) is 0 Å². The second-order valence-electron chi connectivity index (χ2n) is 6.27. The average Bonchev–Trinajstić information content (AvgIpc) is 2.45. The molecule has 0 aromatic heterocycles. The molecule has 0 saturated carbocycles. The Morgan fingerprint density at radius 2 is 0.636 bits per heavy atom. The zero-order chi connectivity index (χ0) is 17.6. The molecule has 0 saturated heterocycles. The van der Waals surface area contributed by atoms with E-state index in [-0.39, 0.29) is 35.7 Å². The normalized spacial score (nSPS) is 18.0. The third-order valence-corrected chi connectivity index (χ3v) is 4.34. The molecule has 0 rings (SSSR count). The van der Waals surface area contributed by atoms with Crippen LogP contribution in [0.25, 0.3) is 0 Å². The predicted octanol–water partition coefficient (Wildman–Crippen LogP) is 1.96. The summed E-state index contributed by atoms with van der Waals surface area (Å²) in [5.74, 6) is 1.04. The summed E-state index contributed by atoms with van der Waals surface area (Å²) < 4.78 is 0. The van der Waals surface area contributed by atoms with Crippen molar-refractivity contribution in [1.82, 2.24) is 0 Å². The monoisotopic (exact) mass is 330 g/mol. The van der Waals surface area contributed by atoms with Crippen LogP contribution in [0.5, 0.6) is 0 Å². The summed E-state index contributed by atoms with van der Waals surface area (Å²) in [6.07, 6.45) is 1.86. The third kappa shape index (κ3) is 22.7. The number of hydrogen-bond acceptors (Lipinski definition) is 3. The quantitative estimate of drug-likeness (QED) is 0.699. The topological polar surface area (TPSA) is 69.2 Å². The zero-order valence-corrected chi connectivity index (χ0v) is 17.5. The molecule has 6 unspecified atom stereocenters. The molecule has 0 spiro atoms. The Hall–Kier alpha value is 0.412. The zero-order valence-electron chi connectivity index (χ0n) is 16.4. The number of hydrogen-bond donors (Lipinski definition) is 0. The maximum atomic E-state index is 10.5. The van der Waals surface area contributed by atoms with E-state index >= 15 is 0 Å². The van der Waals surface area contributed by atoms with Gasteiger partial charge in [0.25, 0.3) is 0 Å². The van der Waals surface area contributed by atoms with Crippen molar-refractivity contribution in [2.75, 3.05) is 0 Å². The summed E-state index contributed by atoms with van der Waals surface area (Å²) in [5.41, 5.74) is 0.